The second kappa shape index (κ2) is 10.1. The fourth-order valence-corrected chi connectivity index (χ4v) is 1.43. The lowest BCUT2D eigenvalue weighted by Crippen LogP contribution is -2.23. The van der Waals surface area contributed by atoms with Gasteiger partial charge >= 0.3 is 6.09 Å². The Kier molecular flexibility index (Phi) is 9.89. The second-order valence-electron chi connectivity index (χ2n) is 3.13. The fourth-order valence-electron chi connectivity index (χ4n) is 1.04. The molecule has 0 rings (SSSR count). The highest BCUT2D eigenvalue weighted by Crippen LogP contribution is 2.25. The van der Waals surface area contributed by atoms with E-state index >= 15 is 0 Å². The lowest BCUT2D eigenvalue weighted by molar-refractivity contribution is 0.171. The van der Waals surface area contributed by atoms with Crippen LogP contribution in [-0.2, 0) is 9.26 Å². The number of carbonyl (C=O) groups is 1. The van der Waals surface area contributed by atoms with Gasteiger partial charge in [0.15, 0.2) is 8.38 Å². The minimum atomic E-state index is -1.21. The number of amides is 1. The molecule has 0 saturated heterocycles. The largest absolute Gasteiger partial charge is 0.453 e. The third-order valence-corrected chi connectivity index (χ3v) is 2.36. The van der Waals surface area contributed by atoms with Crippen molar-refractivity contribution in [1.82, 2.24) is 5.32 Å². The smallest absolute Gasteiger partial charge is 0.406 e. The summed E-state index contributed by atoms with van der Waals surface area (Å²) in [6.45, 7) is 2.92. The molecule has 0 heterocycles. The predicted molar refractivity (Wildman–Crippen MR) is 59.9 cm³/mol. The van der Waals surface area contributed by atoms with Gasteiger partial charge in [0.1, 0.15) is 0 Å². The quantitative estimate of drug-likeness (QED) is 0.499. The number of hydrogen-bond donors (Lipinski definition) is 2. The molecule has 0 aliphatic heterocycles. The molecule has 1 atom stereocenters. The Bertz CT molecular complexity index is 166. The maximum absolute atomic E-state index is 10.6. The molecular weight excluding hydrogens is 217 g/mol. The highest BCUT2D eigenvalue weighted by Gasteiger charge is 1.97. The summed E-state index contributed by atoms with van der Waals surface area (Å²) in [7, 11) is 0.139. The number of ether oxygens (including phenoxy) is 1. The molecule has 15 heavy (non-hydrogen) atoms. The lowest BCUT2D eigenvalue weighted by atomic mass is 10.2. The summed E-state index contributed by atoms with van der Waals surface area (Å²) in [5.74, 6) is 0. The van der Waals surface area contributed by atoms with Crippen LogP contribution in [0.3, 0.4) is 0 Å². The van der Waals surface area contributed by atoms with Crippen LogP contribution in [0, 0.1) is 0 Å². The van der Waals surface area contributed by atoms with Gasteiger partial charge in [-0.05, 0) is 12.8 Å². The molecule has 0 aliphatic rings. The molecule has 0 fully saturated rings. The molecule has 5 nitrogen and oxygen atoms in total. The Morgan fingerprint density at radius 3 is 2.60 bits per heavy atom. The van der Waals surface area contributed by atoms with E-state index < -0.39 is 8.38 Å². The van der Waals surface area contributed by atoms with Gasteiger partial charge in [-0.3, -0.25) is 0 Å². The molecule has 6 heteroatoms. The molecule has 0 aromatic carbocycles. The number of alkyl carbamates (subject to hydrolysis) is 1. The summed E-state index contributed by atoms with van der Waals surface area (Å²) >= 11 is 0. The van der Waals surface area contributed by atoms with E-state index in [2.05, 4.69) is 10.1 Å². The molecule has 0 bridgehead atoms. The number of unbranched alkanes of at least 4 members (excludes halogenated alkanes) is 3. The first-order valence-corrected chi connectivity index (χ1v) is 6.70. The molecule has 0 aliphatic carbocycles. The van der Waals surface area contributed by atoms with Crippen molar-refractivity contribution < 1.29 is 18.9 Å². The molecule has 1 amide bonds. The van der Waals surface area contributed by atoms with Crippen molar-refractivity contribution in [2.24, 2.45) is 0 Å². The molecule has 2 N–H and O–H groups in total. The summed E-state index contributed by atoms with van der Waals surface area (Å²) in [6, 6.07) is 0. The molecule has 0 aromatic heterocycles. The minimum Gasteiger partial charge on any atom is -0.453 e. The van der Waals surface area contributed by atoms with Gasteiger partial charge in [0, 0.05) is 13.2 Å². The zero-order chi connectivity index (χ0) is 11.5. The number of carbonyl (C=O) groups excluding carboxylic acids is 1. The Balaban J connectivity index is 3.02. The number of rotatable bonds is 8. The first-order valence-electron chi connectivity index (χ1n) is 5.04. The normalized spacial score (nSPS) is 12.2. The zero-order valence-corrected chi connectivity index (χ0v) is 10.3. The summed E-state index contributed by atoms with van der Waals surface area (Å²) in [6.07, 6.45) is 3.60. The standard InChI is InChI=1S/C9H20NO4P/c1-13-9(11)10-7-5-3-4-6-8-14-15(2)12/h12H,3-8H2,1-2H3,(H,10,11). The monoisotopic (exact) mass is 237 g/mol. The number of methoxy groups -OCH3 is 1. The third kappa shape index (κ3) is 11.5. The van der Waals surface area contributed by atoms with Crippen LogP contribution in [0.15, 0.2) is 0 Å². The van der Waals surface area contributed by atoms with E-state index in [1.165, 1.54) is 7.11 Å². The summed E-state index contributed by atoms with van der Waals surface area (Å²) in [4.78, 5) is 19.5. The van der Waals surface area contributed by atoms with E-state index in [9.17, 15) is 4.79 Å². The van der Waals surface area contributed by atoms with Gasteiger partial charge < -0.3 is 19.5 Å². The van der Waals surface area contributed by atoms with Gasteiger partial charge in [0.2, 0.25) is 0 Å². The second-order valence-corrected chi connectivity index (χ2v) is 4.32. The van der Waals surface area contributed by atoms with Crippen LogP contribution in [0.4, 0.5) is 4.79 Å². The van der Waals surface area contributed by atoms with Gasteiger partial charge in [0.25, 0.3) is 0 Å². The number of nitrogens with one attached hydrogen (secondary N) is 1. The Hall–Kier alpha value is -0.380. The van der Waals surface area contributed by atoms with Gasteiger partial charge in [-0.2, -0.15) is 0 Å². The van der Waals surface area contributed by atoms with Crippen molar-refractivity contribution in [2.45, 2.75) is 25.7 Å². The van der Waals surface area contributed by atoms with Gasteiger partial charge in [-0.1, -0.05) is 12.8 Å². The molecule has 0 radical (unpaired) electrons. The molecular formula is C9H20NO4P. The van der Waals surface area contributed by atoms with Crippen LogP contribution < -0.4 is 5.32 Å². The number of hydrogen-bond acceptors (Lipinski definition) is 4. The van der Waals surface area contributed by atoms with Crippen LogP contribution in [0.2, 0.25) is 0 Å². The summed E-state index contributed by atoms with van der Waals surface area (Å²) in [5.41, 5.74) is 0. The maximum Gasteiger partial charge on any atom is 0.406 e. The van der Waals surface area contributed by atoms with Crippen LogP contribution in [-0.4, -0.2) is 37.9 Å². The van der Waals surface area contributed by atoms with Gasteiger partial charge in [0.05, 0.1) is 13.7 Å². The predicted octanol–water partition coefficient (Wildman–Crippen LogP) is 1.85. The van der Waals surface area contributed by atoms with Crippen LogP contribution in [0.1, 0.15) is 25.7 Å². The van der Waals surface area contributed by atoms with Crippen LogP contribution in [0.25, 0.3) is 0 Å². The van der Waals surface area contributed by atoms with E-state index in [1.807, 2.05) is 0 Å². The van der Waals surface area contributed by atoms with E-state index in [1.54, 1.807) is 6.66 Å². The van der Waals surface area contributed by atoms with Gasteiger partial charge in [-0.25, -0.2) is 4.79 Å². The SMILES string of the molecule is COC(=O)NCCCCCCOP(C)O. The highest BCUT2D eigenvalue weighted by molar-refractivity contribution is 7.45. The first-order chi connectivity index (χ1) is 7.16. The van der Waals surface area contributed by atoms with Crippen molar-refractivity contribution in [3.05, 3.63) is 0 Å². The Morgan fingerprint density at radius 2 is 2.00 bits per heavy atom. The Morgan fingerprint density at radius 1 is 1.33 bits per heavy atom. The van der Waals surface area contributed by atoms with Crippen LogP contribution >= 0.6 is 8.38 Å². The average molecular weight is 237 g/mol. The summed E-state index contributed by atoms with van der Waals surface area (Å²) in [5, 5.41) is 2.61. The molecule has 0 aromatic rings. The molecule has 1 unspecified atom stereocenters. The van der Waals surface area contributed by atoms with Crippen molar-refractivity contribution >= 4 is 14.5 Å². The minimum absolute atomic E-state index is 0.379. The van der Waals surface area contributed by atoms with E-state index in [-0.39, 0.29) is 6.09 Å². The Labute approximate surface area is 92.1 Å². The van der Waals surface area contributed by atoms with Crippen LogP contribution in [0.5, 0.6) is 0 Å². The molecule has 0 saturated carbocycles. The molecule has 0 spiro atoms. The summed E-state index contributed by atoms with van der Waals surface area (Å²) < 4.78 is 9.46. The van der Waals surface area contributed by atoms with E-state index in [0.29, 0.717) is 13.2 Å². The highest BCUT2D eigenvalue weighted by atomic mass is 31.2. The topological polar surface area (TPSA) is 67.8 Å². The van der Waals surface area contributed by atoms with Crippen molar-refractivity contribution in [1.29, 1.82) is 0 Å². The molecule has 90 valence electrons. The van der Waals surface area contributed by atoms with Crippen molar-refractivity contribution in [3.63, 3.8) is 0 Å². The van der Waals surface area contributed by atoms with Gasteiger partial charge in [-0.15, -0.1) is 0 Å². The zero-order valence-electron chi connectivity index (χ0n) is 9.36. The maximum atomic E-state index is 10.6. The van der Waals surface area contributed by atoms with Crippen molar-refractivity contribution in [3.8, 4) is 0 Å². The average Bonchev–Trinajstić information content (AvgIpc) is 2.21. The van der Waals surface area contributed by atoms with E-state index in [4.69, 9.17) is 9.42 Å². The lowest BCUT2D eigenvalue weighted by Gasteiger charge is -2.05. The first kappa shape index (κ1) is 14.6. The fraction of sp³-hybridized carbons (Fsp3) is 0.889. The van der Waals surface area contributed by atoms with Crippen molar-refractivity contribution in [2.75, 3.05) is 26.9 Å². The third-order valence-electron chi connectivity index (χ3n) is 1.80. The van der Waals surface area contributed by atoms with E-state index in [0.717, 1.165) is 25.7 Å².